The summed E-state index contributed by atoms with van der Waals surface area (Å²) in [6.45, 7) is 1.81. The summed E-state index contributed by atoms with van der Waals surface area (Å²) in [6, 6.07) is 20.6. The molecule has 1 unspecified atom stereocenters. The van der Waals surface area contributed by atoms with E-state index in [-0.39, 0.29) is 11.7 Å². The number of nitrogens with zero attached hydrogens (tertiary/aromatic N) is 3. The van der Waals surface area contributed by atoms with Crippen molar-refractivity contribution < 1.29 is 14.6 Å². The van der Waals surface area contributed by atoms with Crippen molar-refractivity contribution in [1.29, 1.82) is 0 Å². The largest absolute Gasteiger partial charge is 0.508 e. The average Bonchev–Trinajstić information content (AvgIpc) is 3.27. The Morgan fingerprint density at radius 3 is 2.66 bits per heavy atom. The number of phenols is 1. The number of allylic oxidation sites excluding steroid dienone is 1. The molecule has 0 aliphatic carbocycles. The Labute approximate surface area is 206 Å². The molecule has 1 aliphatic heterocycles. The van der Waals surface area contributed by atoms with Crippen LogP contribution in [0, 0.1) is 0 Å². The minimum atomic E-state index is -0.645. The van der Waals surface area contributed by atoms with Crippen molar-refractivity contribution in [2.45, 2.75) is 13.0 Å². The predicted octanol–water partition coefficient (Wildman–Crippen LogP) is 5.24. The lowest BCUT2D eigenvalue weighted by molar-refractivity contribution is -0.113. The standard InChI is InChI=1S/C26H22ClN5O3/c1-15-22(25(34)29-20-12-5-6-13-21(20)35-2)23(18-10-3-4-11-19(18)27)32-26(28-15)30-24(31-32)16-8-7-9-17(33)14-16/h3-14,23,33H,1-2H3,(H,29,34)(H,28,30,31). The molecule has 5 rings (SSSR count). The number of hydrogen-bond acceptors (Lipinski definition) is 6. The highest BCUT2D eigenvalue weighted by Crippen LogP contribution is 2.39. The van der Waals surface area contributed by atoms with E-state index in [0.29, 0.717) is 50.6 Å². The lowest BCUT2D eigenvalue weighted by Gasteiger charge is -2.29. The van der Waals surface area contributed by atoms with E-state index >= 15 is 0 Å². The number of ether oxygens (including phenoxy) is 1. The molecule has 0 fully saturated rings. The zero-order valence-electron chi connectivity index (χ0n) is 19.0. The number of para-hydroxylation sites is 2. The Kier molecular flexibility index (Phi) is 5.88. The molecule has 1 aromatic heterocycles. The van der Waals surface area contributed by atoms with Gasteiger partial charge in [-0.1, -0.05) is 54.1 Å². The molecule has 3 N–H and O–H groups in total. The molecule has 176 valence electrons. The van der Waals surface area contributed by atoms with Crippen LogP contribution in [0.15, 0.2) is 84.1 Å². The van der Waals surface area contributed by atoms with Gasteiger partial charge in [-0.05, 0) is 37.3 Å². The first-order valence-electron chi connectivity index (χ1n) is 10.9. The van der Waals surface area contributed by atoms with Crippen LogP contribution in [0.3, 0.4) is 0 Å². The van der Waals surface area contributed by atoms with Gasteiger partial charge in [-0.3, -0.25) is 4.79 Å². The SMILES string of the molecule is COc1ccccc1NC(=O)C1=C(C)Nc2nc(-c3cccc(O)c3)nn2C1c1ccccc1Cl. The molecule has 1 amide bonds. The normalized spacial score (nSPS) is 14.8. The van der Waals surface area contributed by atoms with Crippen LogP contribution in [0.25, 0.3) is 11.4 Å². The number of aromatic nitrogens is 3. The van der Waals surface area contributed by atoms with Crippen LogP contribution < -0.4 is 15.4 Å². The summed E-state index contributed by atoms with van der Waals surface area (Å²) >= 11 is 6.60. The van der Waals surface area contributed by atoms with E-state index in [0.717, 1.165) is 0 Å². The number of hydrogen-bond donors (Lipinski definition) is 3. The quantitative estimate of drug-likeness (QED) is 0.356. The van der Waals surface area contributed by atoms with Crippen LogP contribution in [0.5, 0.6) is 11.5 Å². The van der Waals surface area contributed by atoms with Gasteiger partial charge < -0.3 is 20.5 Å². The van der Waals surface area contributed by atoms with Crippen LogP contribution in [-0.2, 0) is 4.79 Å². The van der Waals surface area contributed by atoms with Crippen LogP contribution in [0.1, 0.15) is 18.5 Å². The highest BCUT2D eigenvalue weighted by molar-refractivity contribution is 6.31. The van der Waals surface area contributed by atoms with Crippen LogP contribution >= 0.6 is 11.6 Å². The van der Waals surface area contributed by atoms with Crippen molar-refractivity contribution in [2.24, 2.45) is 0 Å². The molecule has 3 aromatic carbocycles. The summed E-state index contributed by atoms with van der Waals surface area (Å²) in [5.74, 6) is 1.19. The molecule has 0 radical (unpaired) electrons. The van der Waals surface area contributed by atoms with E-state index in [1.165, 1.54) is 0 Å². The Balaban J connectivity index is 1.62. The minimum absolute atomic E-state index is 0.108. The lowest BCUT2D eigenvalue weighted by atomic mass is 9.95. The third-order valence-electron chi connectivity index (χ3n) is 5.76. The van der Waals surface area contributed by atoms with Gasteiger partial charge in [-0.25, -0.2) is 4.68 Å². The molecule has 0 spiro atoms. The van der Waals surface area contributed by atoms with Crippen molar-refractivity contribution in [1.82, 2.24) is 14.8 Å². The monoisotopic (exact) mass is 487 g/mol. The molecule has 0 saturated heterocycles. The second kappa shape index (κ2) is 9.15. The molecular formula is C26H22ClN5O3. The first kappa shape index (κ1) is 22.5. The molecule has 4 aromatic rings. The van der Waals surface area contributed by atoms with Gasteiger partial charge >= 0.3 is 0 Å². The highest BCUT2D eigenvalue weighted by Gasteiger charge is 2.35. The van der Waals surface area contributed by atoms with Gasteiger partial charge in [0.2, 0.25) is 5.95 Å². The number of methoxy groups -OCH3 is 1. The Morgan fingerprint density at radius 2 is 1.89 bits per heavy atom. The van der Waals surface area contributed by atoms with Crippen LogP contribution in [0.2, 0.25) is 5.02 Å². The number of rotatable bonds is 5. The molecular weight excluding hydrogens is 466 g/mol. The fourth-order valence-corrected chi connectivity index (χ4v) is 4.37. The smallest absolute Gasteiger partial charge is 0.255 e. The molecule has 2 heterocycles. The number of benzene rings is 3. The summed E-state index contributed by atoms with van der Waals surface area (Å²) in [6.07, 6.45) is 0. The molecule has 0 bridgehead atoms. The zero-order chi connectivity index (χ0) is 24.5. The zero-order valence-corrected chi connectivity index (χ0v) is 19.7. The van der Waals surface area contributed by atoms with Gasteiger partial charge in [0.25, 0.3) is 5.91 Å². The molecule has 9 heteroatoms. The maximum atomic E-state index is 13.7. The fraction of sp³-hybridized carbons (Fsp3) is 0.115. The third kappa shape index (κ3) is 4.20. The van der Waals surface area contributed by atoms with Crippen molar-refractivity contribution >= 4 is 29.1 Å². The van der Waals surface area contributed by atoms with E-state index in [4.69, 9.17) is 21.4 Å². The van der Waals surface area contributed by atoms with E-state index in [2.05, 4.69) is 15.6 Å². The van der Waals surface area contributed by atoms with Crippen molar-refractivity contribution in [3.8, 4) is 22.9 Å². The van der Waals surface area contributed by atoms with Crippen LogP contribution in [0.4, 0.5) is 11.6 Å². The number of nitrogens with one attached hydrogen (secondary N) is 2. The first-order valence-corrected chi connectivity index (χ1v) is 11.3. The molecule has 1 atom stereocenters. The van der Waals surface area contributed by atoms with Gasteiger partial charge in [-0.15, -0.1) is 5.10 Å². The minimum Gasteiger partial charge on any atom is -0.508 e. The van der Waals surface area contributed by atoms with Crippen LogP contribution in [-0.4, -0.2) is 32.9 Å². The molecule has 8 nitrogen and oxygen atoms in total. The number of carbonyl (C=O) groups is 1. The van der Waals surface area contributed by atoms with Crippen molar-refractivity contribution in [3.63, 3.8) is 0 Å². The van der Waals surface area contributed by atoms with Gasteiger partial charge in [0.1, 0.15) is 17.5 Å². The summed E-state index contributed by atoms with van der Waals surface area (Å²) in [5, 5.41) is 21.3. The van der Waals surface area contributed by atoms with E-state index < -0.39 is 6.04 Å². The molecule has 35 heavy (non-hydrogen) atoms. The number of phenolic OH excluding ortho intramolecular Hbond substituents is 1. The van der Waals surface area contributed by atoms with Crippen molar-refractivity contribution in [3.05, 3.63) is 94.7 Å². The van der Waals surface area contributed by atoms with Gasteiger partial charge in [-0.2, -0.15) is 4.98 Å². The lowest BCUT2D eigenvalue weighted by Crippen LogP contribution is -2.31. The summed E-state index contributed by atoms with van der Waals surface area (Å²) in [7, 11) is 1.55. The number of amides is 1. The number of aromatic hydroxyl groups is 1. The Hall–Kier alpha value is -4.30. The third-order valence-corrected chi connectivity index (χ3v) is 6.10. The van der Waals surface area contributed by atoms with E-state index in [1.807, 2.05) is 37.3 Å². The topological polar surface area (TPSA) is 101 Å². The highest BCUT2D eigenvalue weighted by atomic mass is 35.5. The number of fused-ring (bicyclic) bond motifs is 1. The second-order valence-electron chi connectivity index (χ2n) is 8.00. The van der Waals surface area contributed by atoms with Gasteiger partial charge in [0, 0.05) is 21.8 Å². The summed E-state index contributed by atoms with van der Waals surface area (Å²) < 4.78 is 7.04. The maximum absolute atomic E-state index is 13.7. The summed E-state index contributed by atoms with van der Waals surface area (Å²) in [5.41, 5.74) is 2.94. The fourth-order valence-electron chi connectivity index (χ4n) is 4.13. The molecule has 1 aliphatic rings. The Morgan fingerprint density at radius 1 is 1.11 bits per heavy atom. The number of carbonyl (C=O) groups excluding carboxylic acids is 1. The molecule has 0 saturated carbocycles. The van der Waals surface area contributed by atoms with E-state index in [1.54, 1.807) is 54.3 Å². The van der Waals surface area contributed by atoms with E-state index in [9.17, 15) is 9.90 Å². The summed E-state index contributed by atoms with van der Waals surface area (Å²) in [4.78, 5) is 18.3. The van der Waals surface area contributed by atoms with Gasteiger partial charge in [0.05, 0.1) is 18.4 Å². The average molecular weight is 488 g/mol. The number of halogens is 1. The predicted molar refractivity (Wildman–Crippen MR) is 135 cm³/mol. The Bertz CT molecular complexity index is 1460. The first-order chi connectivity index (χ1) is 17.0. The second-order valence-corrected chi connectivity index (χ2v) is 8.40. The maximum Gasteiger partial charge on any atom is 0.255 e. The van der Waals surface area contributed by atoms with Gasteiger partial charge in [0.15, 0.2) is 5.82 Å². The van der Waals surface area contributed by atoms with Crippen molar-refractivity contribution in [2.75, 3.05) is 17.7 Å². The number of anilines is 2.